The first-order valence-corrected chi connectivity index (χ1v) is 6.21. The number of hydrogen-bond donors (Lipinski definition) is 1. The largest absolute Gasteiger partial charge is 0.398 e. The molecule has 0 spiro atoms. The molecule has 0 amide bonds. The minimum Gasteiger partial charge on any atom is -0.398 e. The molecule has 0 aliphatic rings. The zero-order valence-electron chi connectivity index (χ0n) is 10.3. The summed E-state index contributed by atoms with van der Waals surface area (Å²) in [4.78, 5) is 8.14. The maximum absolute atomic E-state index is 13.5. The first-order chi connectivity index (χ1) is 9.65. The summed E-state index contributed by atoms with van der Waals surface area (Å²) in [5, 5.41) is 0.318. The minimum absolute atomic E-state index is 0.318. The number of halogens is 2. The third kappa shape index (κ3) is 2.23. The van der Waals surface area contributed by atoms with E-state index in [2.05, 4.69) is 9.97 Å². The van der Waals surface area contributed by atoms with Gasteiger partial charge in [-0.05, 0) is 24.3 Å². The van der Waals surface area contributed by atoms with Gasteiger partial charge < -0.3 is 5.73 Å². The highest BCUT2D eigenvalue weighted by Crippen LogP contribution is 2.28. The van der Waals surface area contributed by atoms with E-state index in [-0.39, 0.29) is 0 Å². The lowest BCUT2D eigenvalue weighted by atomic mass is 10.2. The zero-order chi connectivity index (χ0) is 14.1. The highest BCUT2D eigenvalue weighted by molar-refractivity contribution is 6.30. The molecule has 20 heavy (non-hydrogen) atoms. The first-order valence-electron chi connectivity index (χ1n) is 5.84. The van der Waals surface area contributed by atoms with Crippen molar-refractivity contribution < 1.29 is 4.39 Å². The molecule has 2 N–H and O–H groups in total. The molecule has 0 aliphatic heterocycles. The first kappa shape index (κ1) is 12.6. The van der Waals surface area contributed by atoms with Crippen molar-refractivity contribution in [2.75, 3.05) is 5.73 Å². The Morgan fingerprint density at radius 2 is 2.00 bits per heavy atom. The molecule has 100 valence electrons. The Morgan fingerprint density at radius 3 is 2.75 bits per heavy atom. The second kappa shape index (κ2) is 4.94. The fourth-order valence-corrected chi connectivity index (χ4v) is 2.21. The number of rotatable bonds is 2. The van der Waals surface area contributed by atoms with Crippen LogP contribution in [0.3, 0.4) is 0 Å². The lowest BCUT2D eigenvalue weighted by Gasteiger charge is -2.10. The van der Waals surface area contributed by atoms with Crippen LogP contribution in [-0.2, 0) is 0 Å². The standard InChI is InChI=1S/C14H10ClFN4/c15-9-3-10(16)5-11(4-9)20-8-19-7-14(20)12-6-18-2-1-13(12)17/h1-8H,(H2,17,18). The van der Waals surface area contributed by atoms with Crippen molar-refractivity contribution in [1.29, 1.82) is 0 Å². The number of pyridine rings is 1. The number of anilines is 1. The molecule has 0 fully saturated rings. The number of nitrogens with zero attached hydrogens (tertiary/aromatic N) is 3. The SMILES string of the molecule is Nc1ccncc1-c1cncn1-c1cc(F)cc(Cl)c1. The van der Waals surface area contributed by atoms with Crippen molar-refractivity contribution in [2.45, 2.75) is 0 Å². The molecule has 6 heteroatoms. The quantitative estimate of drug-likeness (QED) is 0.787. The van der Waals surface area contributed by atoms with Crippen LogP contribution in [0.5, 0.6) is 0 Å². The third-order valence-electron chi connectivity index (χ3n) is 2.89. The third-order valence-corrected chi connectivity index (χ3v) is 3.11. The molecule has 0 bridgehead atoms. The summed E-state index contributed by atoms with van der Waals surface area (Å²) in [5.74, 6) is -0.411. The maximum atomic E-state index is 13.5. The topological polar surface area (TPSA) is 56.7 Å². The number of nitrogens with two attached hydrogens (primary N) is 1. The molecule has 0 saturated carbocycles. The summed E-state index contributed by atoms with van der Waals surface area (Å²) in [5.41, 5.74) is 8.53. The molecule has 0 atom stereocenters. The van der Waals surface area contributed by atoms with E-state index in [9.17, 15) is 4.39 Å². The molecular weight excluding hydrogens is 279 g/mol. The summed E-state index contributed by atoms with van der Waals surface area (Å²) >= 11 is 5.89. The van der Waals surface area contributed by atoms with Gasteiger partial charge in [-0.3, -0.25) is 9.55 Å². The van der Waals surface area contributed by atoms with Crippen LogP contribution in [0, 0.1) is 5.82 Å². The summed E-state index contributed by atoms with van der Waals surface area (Å²) in [6, 6.07) is 5.98. The molecule has 2 heterocycles. The van der Waals surface area contributed by atoms with Crippen molar-refractivity contribution in [2.24, 2.45) is 0 Å². The summed E-state index contributed by atoms with van der Waals surface area (Å²) in [6.45, 7) is 0. The van der Waals surface area contributed by atoms with Crippen LogP contribution >= 0.6 is 11.6 Å². The number of hydrogen-bond acceptors (Lipinski definition) is 3. The van der Waals surface area contributed by atoms with Crippen LogP contribution in [0.4, 0.5) is 10.1 Å². The van der Waals surface area contributed by atoms with E-state index >= 15 is 0 Å². The molecule has 4 nitrogen and oxygen atoms in total. The van der Waals surface area contributed by atoms with E-state index in [1.54, 1.807) is 41.6 Å². The van der Waals surface area contributed by atoms with Gasteiger partial charge in [0, 0.05) is 28.7 Å². The van der Waals surface area contributed by atoms with E-state index in [0.717, 1.165) is 11.3 Å². The van der Waals surface area contributed by atoms with Gasteiger partial charge in [0.25, 0.3) is 0 Å². The predicted octanol–water partition coefficient (Wildman–Crippen LogP) is 3.31. The lowest BCUT2D eigenvalue weighted by Crippen LogP contribution is -1.99. The molecule has 0 unspecified atom stereocenters. The molecular formula is C14H10ClFN4. The molecule has 0 aliphatic carbocycles. The van der Waals surface area contributed by atoms with Crippen LogP contribution in [0.15, 0.2) is 49.2 Å². The zero-order valence-corrected chi connectivity index (χ0v) is 11.0. The van der Waals surface area contributed by atoms with Crippen molar-refractivity contribution in [1.82, 2.24) is 14.5 Å². The Morgan fingerprint density at radius 1 is 1.15 bits per heavy atom. The molecule has 1 aromatic carbocycles. The van der Waals surface area contributed by atoms with Gasteiger partial charge >= 0.3 is 0 Å². The fourth-order valence-electron chi connectivity index (χ4n) is 2.00. The van der Waals surface area contributed by atoms with E-state index in [1.807, 2.05) is 0 Å². The Kier molecular flexibility index (Phi) is 3.12. The average molecular weight is 289 g/mol. The Balaban J connectivity index is 2.18. The van der Waals surface area contributed by atoms with Crippen molar-refractivity contribution >= 4 is 17.3 Å². The van der Waals surface area contributed by atoms with Gasteiger partial charge in [0.2, 0.25) is 0 Å². The van der Waals surface area contributed by atoms with Gasteiger partial charge in [-0.25, -0.2) is 9.37 Å². The van der Waals surface area contributed by atoms with Gasteiger partial charge in [0.05, 0.1) is 23.9 Å². The van der Waals surface area contributed by atoms with E-state index in [1.165, 1.54) is 12.1 Å². The normalized spacial score (nSPS) is 10.7. The van der Waals surface area contributed by atoms with Crippen molar-refractivity contribution in [3.05, 3.63) is 60.0 Å². The molecule has 0 saturated heterocycles. The molecule has 0 radical (unpaired) electrons. The summed E-state index contributed by atoms with van der Waals surface area (Å²) in [7, 11) is 0. The van der Waals surface area contributed by atoms with Gasteiger partial charge in [-0.1, -0.05) is 11.6 Å². The predicted molar refractivity (Wildman–Crippen MR) is 76.2 cm³/mol. The minimum atomic E-state index is -0.411. The van der Waals surface area contributed by atoms with Gasteiger partial charge in [0.1, 0.15) is 5.82 Å². The fraction of sp³-hybridized carbons (Fsp3) is 0. The van der Waals surface area contributed by atoms with Gasteiger partial charge in [-0.2, -0.15) is 0 Å². The highest BCUT2D eigenvalue weighted by Gasteiger charge is 2.11. The molecule has 3 aromatic rings. The van der Waals surface area contributed by atoms with Crippen LogP contribution in [-0.4, -0.2) is 14.5 Å². The van der Waals surface area contributed by atoms with E-state index in [0.29, 0.717) is 16.4 Å². The number of aromatic nitrogens is 3. The van der Waals surface area contributed by atoms with Gasteiger partial charge in [-0.15, -0.1) is 0 Å². The van der Waals surface area contributed by atoms with Crippen molar-refractivity contribution in [3.63, 3.8) is 0 Å². The maximum Gasteiger partial charge on any atom is 0.126 e. The second-order valence-corrected chi connectivity index (χ2v) is 4.68. The summed E-state index contributed by atoms with van der Waals surface area (Å²) in [6.07, 6.45) is 6.47. The van der Waals surface area contributed by atoms with Crippen molar-refractivity contribution in [3.8, 4) is 16.9 Å². The van der Waals surface area contributed by atoms with Crippen LogP contribution < -0.4 is 5.73 Å². The Bertz CT molecular complexity index is 749. The summed E-state index contributed by atoms with van der Waals surface area (Å²) < 4.78 is 15.2. The number of imidazole rings is 1. The lowest BCUT2D eigenvalue weighted by molar-refractivity contribution is 0.626. The smallest absolute Gasteiger partial charge is 0.126 e. The number of benzene rings is 1. The monoisotopic (exact) mass is 288 g/mol. The van der Waals surface area contributed by atoms with Crippen LogP contribution in [0.25, 0.3) is 16.9 Å². The Labute approximate surface area is 119 Å². The molecule has 3 rings (SSSR count). The molecule has 2 aromatic heterocycles. The van der Waals surface area contributed by atoms with E-state index in [4.69, 9.17) is 17.3 Å². The Hall–Kier alpha value is -2.40. The second-order valence-electron chi connectivity index (χ2n) is 4.24. The van der Waals surface area contributed by atoms with Crippen LogP contribution in [0.2, 0.25) is 5.02 Å². The van der Waals surface area contributed by atoms with E-state index < -0.39 is 5.82 Å². The van der Waals surface area contributed by atoms with Gasteiger partial charge in [0.15, 0.2) is 0 Å². The average Bonchev–Trinajstić information content (AvgIpc) is 2.87. The number of nitrogen functional groups attached to an aromatic ring is 1. The highest BCUT2D eigenvalue weighted by atomic mass is 35.5. The van der Waals surface area contributed by atoms with Crippen LogP contribution in [0.1, 0.15) is 0 Å².